The van der Waals surface area contributed by atoms with Gasteiger partial charge < -0.3 is 10.5 Å². The lowest BCUT2D eigenvalue weighted by Gasteiger charge is -2.26. The lowest BCUT2D eigenvalue weighted by atomic mass is 10.1. The maximum atomic E-state index is 6.00. The molecule has 0 aliphatic heterocycles. The Morgan fingerprint density at radius 3 is 2.55 bits per heavy atom. The highest BCUT2D eigenvalue weighted by Gasteiger charge is 2.17. The Bertz CT molecular complexity index is 541. The van der Waals surface area contributed by atoms with Crippen LogP contribution in [0.5, 0.6) is 5.75 Å². The fraction of sp³-hybridized carbons (Fsp3) is 0.333. The first kappa shape index (κ1) is 15.3. The Morgan fingerprint density at radius 1 is 1.35 bits per heavy atom. The molecule has 108 valence electrons. The molecular weight excluding hydrogens is 292 g/mol. The number of methoxy groups -OCH3 is 1. The number of ether oxygens (including phenoxy) is 1. The third-order valence-electron chi connectivity index (χ3n) is 3.26. The molecule has 2 N–H and O–H groups in total. The molecule has 0 aliphatic carbocycles. The fourth-order valence-corrected chi connectivity index (χ4v) is 3.41. The van der Waals surface area contributed by atoms with Crippen LogP contribution in [-0.4, -0.2) is 25.6 Å². The third kappa shape index (κ3) is 3.73. The molecule has 0 saturated heterocycles. The van der Waals surface area contributed by atoms with Crippen LogP contribution in [0.15, 0.2) is 35.7 Å². The van der Waals surface area contributed by atoms with Crippen molar-refractivity contribution in [1.29, 1.82) is 0 Å². The van der Waals surface area contributed by atoms with Gasteiger partial charge in [0.2, 0.25) is 0 Å². The van der Waals surface area contributed by atoms with Crippen LogP contribution in [0.3, 0.4) is 0 Å². The van der Waals surface area contributed by atoms with Crippen LogP contribution < -0.4 is 10.5 Å². The summed E-state index contributed by atoms with van der Waals surface area (Å²) in [5, 5.41) is 2.72. The van der Waals surface area contributed by atoms with Crippen molar-refractivity contribution in [2.75, 3.05) is 20.7 Å². The molecule has 0 bridgehead atoms. The standard InChI is InChI=1S/C15H19ClN2OS/c1-18(9-11-3-5-13(19-2)6-4-11)14(8-17)15-7-12(16)10-20-15/h3-7,10,14H,8-9,17H2,1-2H3. The number of halogens is 1. The Hall–Kier alpha value is -1.07. The van der Waals surface area contributed by atoms with Gasteiger partial charge in [0.15, 0.2) is 0 Å². The van der Waals surface area contributed by atoms with Gasteiger partial charge in [-0.25, -0.2) is 0 Å². The first-order chi connectivity index (χ1) is 9.63. The molecule has 1 aromatic heterocycles. The molecule has 20 heavy (non-hydrogen) atoms. The molecule has 3 nitrogen and oxygen atoms in total. The Labute approximate surface area is 128 Å². The average Bonchev–Trinajstić information content (AvgIpc) is 2.87. The van der Waals surface area contributed by atoms with E-state index in [0.717, 1.165) is 17.3 Å². The van der Waals surface area contributed by atoms with E-state index in [2.05, 4.69) is 24.1 Å². The molecule has 2 rings (SSSR count). The first-order valence-electron chi connectivity index (χ1n) is 6.41. The molecule has 2 aromatic rings. The summed E-state index contributed by atoms with van der Waals surface area (Å²) in [6, 6.07) is 10.3. The van der Waals surface area contributed by atoms with Crippen LogP contribution in [0.4, 0.5) is 0 Å². The molecule has 0 radical (unpaired) electrons. The first-order valence-corrected chi connectivity index (χ1v) is 7.67. The van der Waals surface area contributed by atoms with E-state index >= 15 is 0 Å². The van der Waals surface area contributed by atoms with Crippen molar-refractivity contribution in [3.63, 3.8) is 0 Å². The van der Waals surface area contributed by atoms with Crippen molar-refractivity contribution in [3.8, 4) is 5.75 Å². The van der Waals surface area contributed by atoms with Crippen LogP contribution >= 0.6 is 22.9 Å². The van der Waals surface area contributed by atoms with Crippen LogP contribution in [0.1, 0.15) is 16.5 Å². The summed E-state index contributed by atoms with van der Waals surface area (Å²) in [4.78, 5) is 3.44. The van der Waals surface area contributed by atoms with Crippen LogP contribution in [-0.2, 0) is 6.54 Å². The molecule has 0 fully saturated rings. The van der Waals surface area contributed by atoms with Crippen molar-refractivity contribution in [1.82, 2.24) is 4.90 Å². The summed E-state index contributed by atoms with van der Waals surface area (Å²) in [5.41, 5.74) is 7.15. The summed E-state index contributed by atoms with van der Waals surface area (Å²) >= 11 is 7.65. The predicted molar refractivity (Wildman–Crippen MR) is 85.6 cm³/mol. The molecule has 1 unspecified atom stereocenters. The molecule has 0 saturated carbocycles. The molecule has 0 aliphatic rings. The smallest absolute Gasteiger partial charge is 0.118 e. The lowest BCUT2D eigenvalue weighted by Crippen LogP contribution is -2.29. The minimum atomic E-state index is 0.189. The van der Waals surface area contributed by atoms with E-state index in [1.807, 2.05) is 23.6 Å². The van der Waals surface area contributed by atoms with Gasteiger partial charge in [0.1, 0.15) is 5.75 Å². The van der Waals surface area contributed by atoms with Crippen LogP contribution in [0.25, 0.3) is 0 Å². The molecule has 0 amide bonds. The zero-order valence-corrected chi connectivity index (χ0v) is 13.2. The van der Waals surface area contributed by atoms with E-state index in [9.17, 15) is 0 Å². The number of likely N-dealkylation sites (N-methyl/N-ethyl adjacent to an activating group) is 1. The van der Waals surface area contributed by atoms with E-state index in [4.69, 9.17) is 22.1 Å². The maximum absolute atomic E-state index is 6.00. The van der Waals surface area contributed by atoms with Crippen molar-refractivity contribution in [2.24, 2.45) is 5.73 Å². The van der Waals surface area contributed by atoms with Gasteiger partial charge in [-0.05, 0) is 30.8 Å². The highest BCUT2D eigenvalue weighted by atomic mass is 35.5. The maximum Gasteiger partial charge on any atom is 0.118 e. The predicted octanol–water partition coefficient (Wildman–Crippen LogP) is 3.54. The Morgan fingerprint density at radius 2 is 2.05 bits per heavy atom. The number of nitrogens with zero attached hydrogens (tertiary/aromatic N) is 1. The van der Waals surface area contributed by atoms with Gasteiger partial charge in [0, 0.05) is 23.3 Å². The fourth-order valence-electron chi connectivity index (χ4n) is 2.15. The number of rotatable bonds is 6. The number of thiophene rings is 1. The zero-order valence-electron chi connectivity index (χ0n) is 11.7. The summed E-state index contributed by atoms with van der Waals surface area (Å²) < 4.78 is 5.17. The largest absolute Gasteiger partial charge is 0.497 e. The van der Waals surface area contributed by atoms with Crippen LogP contribution in [0, 0.1) is 0 Å². The van der Waals surface area contributed by atoms with Gasteiger partial charge in [0.05, 0.1) is 18.2 Å². The zero-order chi connectivity index (χ0) is 14.5. The van der Waals surface area contributed by atoms with Gasteiger partial charge in [-0.3, -0.25) is 4.90 Å². The number of nitrogens with two attached hydrogens (primary N) is 1. The van der Waals surface area contributed by atoms with Crippen LogP contribution in [0.2, 0.25) is 5.02 Å². The monoisotopic (exact) mass is 310 g/mol. The normalized spacial score (nSPS) is 12.7. The summed E-state index contributed by atoms with van der Waals surface area (Å²) in [6.45, 7) is 1.41. The summed E-state index contributed by atoms with van der Waals surface area (Å²) in [7, 11) is 3.75. The molecule has 1 aromatic carbocycles. The van der Waals surface area contributed by atoms with Gasteiger partial charge in [-0.15, -0.1) is 11.3 Å². The van der Waals surface area contributed by atoms with Gasteiger partial charge >= 0.3 is 0 Å². The highest BCUT2D eigenvalue weighted by molar-refractivity contribution is 7.10. The van der Waals surface area contributed by atoms with Crippen molar-refractivity contribution in [3.05, 3.63) is 51.2 Å². The second-order valence-electron chi connectivity index (χ2n) is 4.68. The SMILES string of the molecule is COc1ccc(CN(C)C(CN)c2cc(Cl)cs2)cc1. The van der Waals surface area contributed by atoms with E-state index in [0.29, 0.717) is 6.54 Å². The number of benzene rings is 1. The van der Waals surface area contributed by atoms with Crippen molar-refractivity contribution in [2.45, 2.75) is 12.6 Å². The quantitative estimate of drug-likeness (QED) is 0.887. The molecule has 0 spiro atoms. The number of hydrogen-bond acceptors (Lipinski definition) is 4. The molecule has 1 atom stereocenters. The van der Waals surface area contributed by atoms with E-state index in [1.165, 1.54) is 10.4 Å². The average molecular weight is 311 g/mol. The second-order valence-corrected chi connectivity index (χ2v) is 6.06. The minimum absolute atomic E-state index is 0.189. The molecule has 5 heteroatoms. The topological polar surface area (TPSA) is 38.5 Å². The lowest BCUT2D eigenvalue weighted by molar-refractivity contribution is 0.245. The highest BCUT2D eigenvalue weighted by Crippen LogP contribution is 2.29. The van der Waals surface area contributed by atoms with Gasteiger partial charge in [-0.1, -0.05) is 23.7 Å². The molecule has 1 heterocycles. The number of hydrogen-bond donors (Lipinski definition) is 1. The van der Waals surface area contributed by atoms with Gasteiger partial charge in [-0.2, -0.15) is 0 Å². The van der Waals surface area contributed by atoms with Gasteiger partial charge in [0.25, 0.3) is 0 Å². The van der Waals surface area contributed by atoms with E-state index in [1.54, 1.807) is 18.4 Å². The third-order valence-corrected chi connectivity index (χ3v) is 4.64. The van der Waals surface area contributed by atoms with E-state index < -0.39 is 0 Å². The Balaban J connectivity index is 2.06. The molecular formula is C15H19ClN2OS. The minimum Gasteiger partial charge on any atom is -0.497 e. The summed E-state index contributed by atoms with van der Waals surface area (Å²) in [5.74, 6) is 0.872. The van der Waals surface area contributed by atoms with E-state index in [-0.39, 0.29) is 6.04 Å². The van der Waals surface area contributed by atoms with Crippen molar-refractivity contribution >= 4 is 22.9 Å². The summed E-state index contributed by atoms with van der Waals surface area (Å²) in [6.07, 6.45) is 0. The Kier molecular flexibility index (Phi) is 5.43. The second kappa shape index (κ2) is 7.09. The van der Waals surface area contributed by atoms with Crippen molar-refractivity contribution < 1.29 is 4.74 Å².